The number of nitrogens with one attached hydrogen (secondary N) is 1. The number of fused-ring (bicyclic) bond motifs is 4. The molecule has 1 aromatic carbocycles. The van der Waals surface area contributed by atoms with Crippen LogP contribution in [0.15, 0.2) is 35.9 Å². The van der Waals surface area contributed by atoms with E-state index >= 15 is 0 Å². The molecule has 110 valence electrons. The van der Waals surface area contributed by atoms with Gasteiger partial charge in [0.05, 0.1) is 13.1 Å². The molecule has 6 rings (SSSR count). The topological polar surface area (TPSA) is 32.3 Å². The molecule has 4 saturated heterocycles. The fourth-order valence-electron chi connectivity index (χ4n) is 5.91. The van der Waals surface area contributed by atoms with E-state index in [4.69, 9.17) is 0 Å². The second-order valence-corrected chi connectivity index (χ2v) is 7.44. The number of nitrogens with zero attached hydrogens (tertiary/aromatic N) is 1. The number of allylic oxidation sites excluding steroid dienone is 1. The highest BCUT2D eigenvalue weighted by Crippen LogP contribution is 2.64. The third kappa shape index (κ3) is 1.13. The Balaban J connectivity index is 1.72. The van der Waals surface area contributed by atoms with Crippen LogP contribution in [0.3, 0.4) is 0 Å². The van der Waals surface area contributed by atoms with Crippen LogP contribution >= 0.6 is 0 Å². The van der Waals surface area contributed by atoms with E-state index in [0.717, 1.165) is 41.7 Å². The lowest BCUT2D eigenvalue weighted by atomic mass is 9.69. The van der Waals surface area contributed by atoms with E-state index in [1.165, 1.54) is 13.0 Å². The van der Waals surface area contributed by atoms with Crippen LogP contribution in [-0.4, -0.2) is 34.9 Å². The molecule has 2 bridgehead atoms. The van der Waals surface area contributed by atoms with Gasteiger partial charge in [0.2, 0.25) is 5.66 Å². The van der Waals surface area contributed by atoms with Gasteiger partial charge in [-0.25, -0.2) is 0 Å². The molecule has 0 aromatic heterocycles. The molecule has 3 heteroatoms. The van der Waals surface area contributed by atoms with Gasteiger partial charge in [0, 0.05) is 30.5 Å². The molecular weight excluding hydrogens is 260 g/mol. The first-order valence-electron chi connectivity index (χ1n) is 8.26. The van der Waals surface area contributed by atoms with Gasteiger partial charge in [-0.1, -0.05) is 24.3 Å². The van der Waals surface area contributed by atoms with Crippen molar-refractivity contribution in [3.8, 4) is 0 Å². The van der Waals surface area contributed by atoms with E-state index in [2.05, 4.69) is 42.6 Å². The zero-order valence-electron chi connectivity index (χ0n) is 12.6. The summed E-state index contributed by atoms with van der Waals surface area (Å²) in [5.74, 6) is 0.654. The highest BCUT2D eigenvalue weighted by Gasteiger charge is 2.76. The number of quaternary nitrogens is 1. The minimum atomic E-state index is -0.679. The molecule has 0 amide bonds. The van der Waals surface area contributed by atoms with Crippen LogP contribution in [0.2, 0.25) is 0 Å². The summed E-state index contributed by atoms with van der Waals surface area (Å²) in [4.78, 5) is 0. The molecule has 5 aliphatic rings. The maximum absolute atomic E-state index is 11.6. The van der Waals surface area contributed by atoms with Gasteiger partial charge in [-0.05, 0) is 24.5 Å². The lowest BCUT2D eigenvalue weighted by molar-refractivity contribution is -0.973. The van der Waals surface area contributed by atoms with Crippen molar-refractivity contribution < 1.29 is 9.59 Å². The molecule has 0 unspecified atom stereocenters. The van der Waals surface area contributed by atoms with Crippen LogP contribution < -0.4 is 5.32 Å². The van der Waals surface area contributed by atoms with Gasteiger partial charge >= 0.3 is 0 Å². The summed E-state index contributed by atoms with van der Waals surface area (Å²) < 4.78 is 1.05. The highest BCUT2D eigenvalue weighted by atomic mass is 16.3. The summed E-state index contributed by atoms with van der Waals surface area (Å²) in [7, 11) is 0. The molecule has 4 atom stereocenters. The molecule has 0 saturated carbocycles. The van der Waals surface area contributed by atoms with Crippen molar-refractivity contribution in [1.29, 1.82) is 0 Å². The van der Waals surface area contributed by atoms with Crippen molar-refractivity contribution in [2.75, 3.05) is 25.0 Å². The number of hydrogen-bond acceptors (Lipinski definition) is 2. The fraction of sp³-hybridized carbons (Fsp3) is 0.556. The second kappa shape index (κ2) is 3.53. The number of benzene rings is 1. The van der Waals surface area contributed by atoms with Gasteiger partial charge in [-0.3, -0.25) is 4.48 Å². The summed E-state index contributed by atoms with van der Waals surface area (Å²) >= 11 is 0. The number of piperidine rings is 3. The van der Waals surface area contributed by atoms with Crippen molar-refractivity contribution in [3.05, 3.63) is 41.5 Å². The van der Waals surface area contributed by atoms with Crippen LogP contribution in [-0.2, 0) is 5.60 Å². The summed E-state index contributed by atoms with van der Waals surface area (Å²) in [6, 6.07) is 8.40. The van der Waals surface area contributed by atoms with E-state index in [1.54, 1.807) is 5.57 Å². The molecule has 2 N–H and O–H groups in total. The van der Waals surface area contributed by atoms with E-state index in [0.29, 0.717) is 5.92 Å². The molecule has 4 fully saturated rings. The minimum Gasteiger partial charge on any atom is -0.377 e. The monoisotopic (exact) mass is 283 g/mol. The van der Waals surface area contributed by atoms with Gasteiger partial charge in [-0.2, -0.15) is 0 Å². The predicted molar refractivity (Wildman–Crippen MR) is 82.7 cm³/mol. The smallest absolute Gasteiger partial charge is 0.207 e. The lowest BCUT2D eigenvalue weighted by Crippen LogP contribution is -2.75. The average molecular weight is 283 g/mol. The lowest BCUT2D eigenvalue weighted by Gasteiger charge is -2.59. The summed E-state index contributed by atoms with van der Waals surface area (Å²) in [5.41, 5.74) is 3.06. The molecule has 5 heterocycles. The van der Waals surface area contributed by atoms with E-state index in [-0.39, 0.29) is 5.66 Å². The number of hydrogen-bond donors (Lipinski definition) is 2. The number of anilines is 1. The van der Waals surface area contributed by atoms with Crippen LogP contribution in [0.25, 0.3) is 0 Å². The van der Waals surface area contributed by atoms with E-state index < -0.39 is 5.60 Å². The van der Waals surface area contributed by atoms with Gasteiger partial charge in [0.25, 0.3) is 0 Å². The Labute approximate surface area is 125 Å². The SMILES string of the molecule is C/C=C1/C[N@+]23CC[C@H]1C[C@@]21Nc2ccccc2[C@@]1(O)CC3. The summed E-state index contributed by atoms with van der Waals surface area (Å²) in [6.07, 6.45) is 5.59. The third-order valence-corrected chi connectivity index (χ3v) is 6.94. The highest BCUT2D eigenvalue weighted by molar-refractivity contribution is 5.63. The molecule has 0 radical (unpaired) electrons. The van der Waals surface area contributed by atoms with Crippen LogP contribution in [0.1, 0.15) is 31.7 Å². The first-order valence-corrected chi connectivity index (χ1v) is 8.26. The molecule has 0 aliphatic carbocycles. The normalized spacial score (nSPS) is 47.9. The molecule has 21 heavy (non-hydrogen) atoms. The summed E-state index contributed by atoms with van der Waals surface area (Å²) in [6.45, 7) is 5.62. The largest absolute Gasteiger partial charge is 0.377 e. The number of aliphatic hydroxyl groups is 1. The van der Waals surface area contributed by atoms with Crippen molar-refractivity contribution in [1.82, 2.24) is 0 Å². The van der Waals surface area contributed by atoms with Crippen LogP contribution in [0.4, 0.5) is 5.69 Å². The maximum Gasteiger partial charge on any atom is 0.207 e. The standard InChI is InChI=1S/C18H23N2O/c1-2-13-12-20-9-7-14(13)11-18(20)17(21,8-10-20)15-5-3-4-6-16(15)19-18/h2-6,14,19,21H,7-12H2,1H3/q+1/b13-2-/t14-,17-,18+,20+/m0/s1. The van der Waals surface area contributed by atoms with Crippen molar-refractivity contribution in [3.63, 3.8) is 0 Å². The Morgan fingerprint density at radius 1 is 1.33 bits per heavy atom. The maximum atomic E-state index is 11.6. The van der Waals surface area contributed by atoms with Gasteiger partial charge < -0.3 is 10.4 Å². The number of para-hydroxylation sites is 1. The van der Waals surface area contributed by atoms with E-state index in [1.807, 2.05) is 0 Å². The average Bonchev–Trinajstić information content (AvgIpc) is 2.91. The minimum absolute atomic E-state index is 0.174. The molecule has 2 spiro atoms. The Kier molecular flexibility index (Phi) is 2.06. The van der Waals surface area contributed by atoms with E-state index in [9.17, 15) is 5.11 Å². The zero-order chi connectivity index (χ0) is 14.3. The Bertz CT molecular complexity index is 669. The molecule has 1 aromatic rings. The Morgan fingerprint density at radius 3 is 3.05 bits per heavy atom. The van der Waals surface area contributed by atoms with Crippen LogP contribution in [0.5, 0.6) is 0 Å². The Hall–Kier alpha value is -1.32. The van der Waals surface area contributed by atoms with Crippen molar-refractivity contribution >= 4 is 5.69 Å². The second-order valence-electron chi connectivity index (χ2n) is 7.44. The summed E-state index contributed by atoms with van der Waals surface area (Å²) in [5, 5.41) is 15.5. The van der Waals surface area contributed by atoms with Gasteiger partial charge in [0.15, 0.2) is 5.60 Å². The molecular formula is C18H23N2O+. The first-order chi connectivity index (χ1) is 10.1. The quantitative estimate of drug-likeness (QED) is 0.566. The Morgan fingerprint density at radius 2 is 2.19 bits per heavy atom. The van der Waals surface area contributed by atoms with Crippen molar-refractivity contribution in [2.45, 2.75) is 37.5 Å². The van der Waals surface area contributed by atoms with Gasteiger partial charge in [-0.15, -0.1) is 0 Å². The molecule has 5 aliphatic heterocycles. The third-order valence-electron chi connectivity index (χ3n) is 6.94. The first kappa shape index (κ1) is 12.2. The van der Waals surface area contributed by atoms with Crippen LogP contribution in [0, 0.1) is 5.92 Å². The van der Waals surface area contributed by atoms with Crippen molar-refractivity contribution in [2.24, 2.45) is 5.92 Å². The number of rotatable bonds is 0. The zero-order valence-corrected chi connectivity index (χ0v) is 12.6. The molecule has 3 nitrogen and oxygen atoms in total. The predicted octanol–water partition coefficient (Wildman–Crippen LogP) is 2.59. The fourth-order valence-corrected chi connectivity index (χ4v) is 5.91. The van der Waals surface area contributed by atoms with Gasteiger partial charge in [0.1, 0.15) is 6.54 Å².